The molecule has 1 heterocycles. The molecule has 3 aromatic rings. The quantitative estimate of drug-likeness (QED) is 0.472. The van der Waals surface area contributed by atoms with Crippen LogP contribution in [0.2, 0.25) is 4.34 Å². The fourth-order valence-electron chi connectivity index (χ4n) is 2.84. The van der Waals surface area contributed by atoms with Crippen LogP contribution in [0.1, 0.15) is 11.1 Å². The lowest BCUT2D eigenvalue weighted by atomic mass is 10.2. The molecule has 2 N–H and O–H groups in total. The number of hydrogen-bond donors (Lipinski definition) is 2. The molecule has 2 aromatic carbocycles. The summed E-state index contributed by atoms with van der Waals surface area (Å²) >= 11 is 6.67. The van der Waals surface area contributed by atoms with Gasteiger partial charge in [0.2, 0.25) is 11.8 Å². The first-order valence-electron chi connectivity index (χ1n) is 9.57. The van der Waals surface area contributed by atoms with E-state index in [0.29, 0.717) is 22.5 Å². The summed E-state index contributed by atoms with van der Waals surface area (Å²) in [6, 6.07) is 18.8. The Labute approximate surface area is 204 Å². The number of thiophene rings is 1. The highest BCUT2D eigenvalue weighted by Crippen LogP contribution is 2.28. The van der Waals surface area contributed by atoms with Crippen LogP contribution in [0, 0.1) is 22.7 Å². The fraction of sp³-hybridized carbons (Fsp3) is 0.0909. The van der Waals surface area contributed by atoms with Crippen LogP contribution in [0.5, 0.6) is 0 Å². The van der Waals surface area contributed by atoms with Crippen molar-refractivity contribution in [2.75, 3.05) is 23.7 Å². The summed E-state index contributed by atoms with van der Waals surface area (Å²) in [6.45, 7) is -1.33. The first-order chi connectivity index (χ1) is 16.2. The minimum Gasteiger partial charge on any atom is -0.325 e. The Morgan fingerprint density at radius 3 is 1.79 bits per heavy atom. The van der Waals surface area contributed by atoms with E-state index in [0.717, 1.165) is 15.6 Å². The van der Waals surface area contributed by atoms with Crippen molar-refractivity contribution in [2.45, 2.75) is 4.21 Å². The van der Waals surface area contributed by atoms with Crippen molar-refractivity contribution >= 4 is 56.2 Å². The van der Waals surface area contributed by atoms with Crippen LogP contribution in [0.15, 0.2) is 64.9 Å². The molecule has 9 nitrogen and oxygen atoms in total. The van der Waals surface area contributed by atoms with E-state index in [1.54, 1.807) is 36.4 Å². The third-order valence-corrected chi connectivity index (χ3v) is 7.82. The zero-order valence-corrected chi connectivity index (χ0v) is 19.7. The smallest absolute Gasteiger partial charge is 0.253 e. The Kier molecular flexibility index (Phi) is 7.99. The predicted octanol–water partition coefficient (Wildman–Crippen LogP) is 3.41. The third-order valence-electron chi connectivity index (χ3n) is 4.33. The fourth-order valence-corrected chi connectivity index (χ4v) is 5.83. The monoisotopic (exact) mass is 513 g/mol. The Bertz CT molecular complexity index is 1350. The molecule has 0 aliphatic carbocycles. The highest BCUT2D eigenvalue weighted by Gasteiger charge is 2.30. The number of rotatable bonds is 8. The van der Waals surface area contributed by atoms with E-state index in [2.05, 4.69) is 10.6 Å². The molecule has 0 spiro atoms. The van der Waals surface area contributed by atoms with E-state index in [-0.39, 0.29) is 8.55 Å². The van der Waals surface area contributed by atoms with Gasteiger partial charge in [-0.1, -0.05) is 23.7 Å². The number of nitrogens with zero attached hydrogens (tertiary/aromatic N) is 3. The molecule has 0 aliphatic heterocycles. The second-order valence-electron chi connectivity index (χ2n) is 6.81. The van der Waals surface area contributed by atoms with E-state index in [1.165, 1.54) is 24.3 Å². The molecule has 3 rings (SSSR count). The van der Waals surface area contributed by atoms with Crippen molar-refractivity contribution in [3.05, 3.63) is 76.1 Å². The number of carbonyl (C=O) groups excluding carboxylic acids is 2. The maximum Gasteiger partial charge on any atom is 0.253 e. The summed E-state index contributed by atoms with van der Waals surface area (Å²) in [4.78, 5) is 25.3. The molecular formula is C22H16ClN5O4S2. The second kappa shape index (κ2) is 10.9. The van der Waals surface area contributed by atoms with Crippen LogP contribution in [-0.2, 0) is 19.6 Å². The van der Waals surface area contributed by atoms with E-state index in [9.17, 15) is 18.0 Å². The molecule has 0 saturated carbocycles. The van der Waals surface area contributed by atoms with Gasteiger partial charge >= 0.3 is 0 Å². The van der Waals surface area contributed by atoms with Gasteiger partial charge in [0.15, 0.2) is 0 Å². The van der Waals surface area contributed by atoms with Gasteiger partial charge < -0.3 is 10.6 Å². The molecule has 12 heteroatoms. The summed E-state index contributed by atoms with van der Waals surface area (Å²) in [6.07, 6.45) is 0. The van der Waals surface area contributed by atoms with Gasteiger partial charge in [-0.25, -0.2) is 8.42 Å². The van der Waals surface area contributed by atoms with Gasteiger partial charge in [0.25, 0.3) is 10.0 Å². The molecule has 0 unspecified atom stereocenters. The normalized spacial score (nSPS) is 10.8. The Balaban J connectivity index is 1.81. The van der Waals surface area contributed by atoms with Gasteiger partial charge in [-0.15, -0.1) is 11.3 Å². The Morgan fingerprint density at radius 1 is 0.882 bits per heavy atom. The lowest BCUT2D eigenvalue weighted by Gasteiger charge is -2.20. The lowest BCUT2D eigenvalue weighted by molar-refractivity contribution is -0.118. The molecule has 0 saturated heterocycles. The molecule has 2 amide bonds. The average molecular weight is 514 g/mol. The zero-order chi connectivity index (χ0) is 24.7. The zero-order valence-electron chi connectivity index (χ0n) is 17.4. The number of nitriles is 2. The van der Waals surface area contributed by atoms with Crippen molar-refractivity contribution in [1.82, 2.24) is 4.31 Å². The Hall–Kier alpha value is -3.74. The number of amides is 2. The van der Waals surface area contributed by atoms with Gasteiger partial charge in [0.1, 0.15) is 4.21 Å². The number of hydrogen-bond acceptors (Lipinski definition) is 7. The van der Waals surface area contributed by atoms with Gasteiger partial charge in [0, 0.05) is 11.4 Å². The number of halogens is 1. The molecule has 0 radical (unpaired) electrons. The molecule has 0 bridgehead atoms. The summed E-state index contributed by atoms with van der Waals surface area (Å²) in [7, 11) is -4.24. The molecular weight excluding hydrogens is 498 g/mol. The van der Waals surface area contributed by atoms with Crippen molar-refractivity contribution in [2.24, 2.45) is 0 Å². The minimum atomic E-state index is -4.24. The molecule has 0 aliphatic rings. The van der Waals surface area contributed by atoms with E-state index in [4.69, 9.17) is 22.1 Å². The van der Waals surface area contributed by atoms with E-state index in [1.807, 2.05) is 12.1 Å². The van der Waals surface area contributed by atoms with Crippen molar-refractivity contribution in [1.29, 1.82) is 10.5 Å². The van der Waals surface area contributed by atoms with Crippen molar-refractivity contribution in [3.8, 4) is 12.1 Å². The van der Waals surface area contributed by atoms with Crippen molar-refractivity contribution < 1.29 is 18.0 Å². The summed E-state index contributed by atoms with van der Waals surface area (Å²) < 4.78 is 27.1. The second-order valence-corrected chi connectivity index (χ2v) is 10.7. The third kappa shape index (κ3) is 6.41. The first kappa shape index (κ1) is 24.9. The largest absolute Gasteiger partial charge is 0.325 e. The van der Waals surface area contributed by atoms with Gasteiger partial charge in [0.05, 0.1) is 40.7 Å². The molecule has 172 valence electrons. The number of anilines is 2. The molecule has 0 fully saturated rings. The summed E-state index contributed by atoms with van der Waals surface area (Å²) in [5.74, 6) is -1.42. The predicted molar refractivity (Wildman–Crippen MR) is 128 cm³/mol. The van der Waals surface area contributed by atoms with Gasteiger partial charge in [-0.05, 0) is 48.5 Å². The average Bonchev–Trinajstić information content (AvgIpc) is 3.26. The van der Waals surface area contributed by atoms with E-state index < -0.39 is 34.9 Å². The van der Waals surface area contributed by atoms with Crippen LogP contribution >= 0.6 is 22.9 Å². The van der Waals surface area contributed by atoms with Crippen molar-refractivity contribution in [3.63, 3.8) is 0 Å². The van der Waals surface area contributed by atoms with Crippen LogP contribution in [-0.4, -0.2) is 37.6 Å². The SMILES string of the molecule is N#Cc1cccc(NC(=O)CN(CC(=O)Nc2cccc(C#N)c2)S(=O)(=O)c2ccc(Cl)s2)c1. The topological polar surface area (TPSA) is 143 Å². The molecule has 1 aromatic heterocycles. The van der Waals surface area contributed by atoms with Crippen LogP contribution in [0.3, 0.4) is 0 Å². The summed E-state index contributed by atoms with van der Waals surface area (Å²) in [5, 5.41) is 23.1. The van der Waals surface area contributed by atoms with Crippen LogP contribution < -0.4 is 10.6 Å². The highest BCUT2D eigenvalue weighted by molar-refractivity contribution is 7.91. The molecule has 0 atom stereocenters. The maximum absolute atomic E-state index is 13.2. The number of benzene rings is 2. The van der Waals surface area contributed by atoms with Crippen LogP contribution in [0.25, 0.3) is 0 Å². The first-order valence-corrected chi connectivity index (χ1v) is 12.2. The summed E-state index contributed by atoms with van der Waals surface area (Å²) in [5.41, 5.74) is 1.24. The Morgan fingerprint density at radius 2 is 1.38 bits per heavy atom. The highest BCUT2D eigenvalue weighted by atomic mass is 35.5. The van der Waals surface area contributed by atoms with Gasteiger partial charge in [-0.2, -0.15) is 14.8 Å². The van der Waals surface area contributed by atoms with Gasteiger partial charge in [-0.3, -0.25) is 9.59 Å². The lowest BCUT2D eigenvalue weighted by Crippen LogP contribution is -2.42. The molecule has 34 heavy (non-hydrogen) atoms. The standard InChI is InChI=1S/C22H16ClN5O4S2/c23-19-7-8-22(33-19)34(31,32)28(13-20(29)26-17-5-1-3-15(9-17)11-24)14-21(30)27-18-6-2-4-16(10-18)12-25/h1-10H,13-14H2,(H,26,29)(H,27,30). The number of carbonyl (C=O) groups is 2. The number of nitrogens with one attached hydrogen (secondary N) is 2. The van der Waals surface area contributed by atoms with E-state index >= 15 is 0 Å². The number of sulfonamides is 1. The maximum atomic E-state index is 13.2. The van der Waals surface area contributed by atoms with Crippen LogP contribution in [0.4, 0.5) is 11.4 Å². The minimum absolute atomic E-state index is 0.129.